The van der Waals surface area contributed by atoms with Gasteiger partial charge < -0.3 is 9.47 Å². The summed E-state index contributed by atoms with van der Waals surface area (Å²) in [5, 5.41) is 0. The zero-order valence-corrected chi connectivity index (χ0v) is 11.3. The molecule has 4 nitrogen and oxygen atoms in total. The van der Waals surface area contributed by atoms with E-state index < -0.39 is 0 Å². The minimum atomic E-state index is 0.287. The molecule has 0 radical (unpaired) electrons. The summed E-state index contributed by atoms with van der Waals surface area (Å²) >= 11 is 0. The SMILES string of the molecule is c1cc(OC2CCC(Oc3ccncc3)CC2)ccn1. The number of hydrogen-bond acceptors (Lipinski definition) is 4. The second-order valence-electron chi connectivity index (χ2n) is 5.00. The molecule has 0 aromatic carbocycles. The molecule has 0 aliphatic heterocycles. The van der Waals surface area contributed by atoms with E-state index in [1.165, 1.54) is 0 Å². The van der Waals surface area contributed by atoms with Crippen LogP contribution in [0.25, 0.3) is 0 Å². The van der Waals surface area contributed by atoms with Crippen molar-refractivity contribution in [3.05, 3.63) is 49.1 Å². The van der Waals surface area contributed by atoms with Crippen LogP contribution in [0.1, 0.15) is 25.7 Å². The van der Waals surface area contributed by atoms with Crippen LogP contribution in [0.15, 0.2) is 49.1 Å². The topological polar surface area (TPSA) is 44.2 Å². The number of ether oxygens (including phenoxy) is 2. The highest BCUT2D eigenvalue weighted by Crippen LogP contribution is 2.26. The molecule has 1 saturated carbocycles. The van der Waals surface area contributed by atoms with Crippen LogP contribution >= 0.6 is 0 Å². The maximum Gasteiger partial charge on any atom is 0.122 e. The average molecular weight is 270 g/mol. The van der Waals surface area contributed by atoms with Gasteiger partial charge in [0.05, 0.1) is 12.2 Å². The number of nitrogens with zero attached hydrogens (tertiary/aromatic N) is 2. The first-order chi connectivity index (χ1) is 9.90. The van der Waals surface area contributed by atoms with Gasteiger partial charge in [0.1, 0.15) is 11.5 Å². The van der Waals surface area contributed by atoms with Crippen LogP contribution in [-0.2, 0) is 0 Å². The molecule has 3 rings (SSSR count). The fourth-order valence-electron chi connectivity index (χ4n) is 2.49. The Morgan fingerprint density at radius 2 is 1.00 bits per heavy atom. The van der Waals surface area contributed by atoms with Gasteiger partial charge in [0.15, 0.2) is 0 Å². The Kier molecular flexibility index (Phi) is 4.11. The fourth-order valence-corrected chi connectivity index (χ4v) is 2.49. The molecule has 20 heavy (non-hydrogen) atoms. The molecule has 2 heterocycles. The summed E-state index contributed by atoms with van der Waals surface area (Å²) in [5.41, 5.74) is 0. The third kappa shape index (κ3) is 3.47. The number of pyridine rings is 2. The van der Waals surface area contributed by atoms with Crippen molar-refractivity contribution in [2.24, 2.45) is 0 Å². The molecule has 1 fully saturated rings. The van der Waals surface area contributed by atoms with Crippen molar-refractivity contribution in [2.75, 3.05) is 0 Å². The van der Waals surface area contributed by atoms with Gasteiger partial charge >= 0.3 is 0 Å². The molecule has 0 bridgehead atoms. The molecule has 0 saturated heterocycles. The first-order valence-electron chi connectivity index (χ1n) is 7.03. The van der Waals surface area contributed by atoms with E-state index in [1.54, 1.807) is 24.8 Å². The summed E-state index contributed by atoms with van der Waals surface area (Å²) < 4.78 is 11.9. The van der Waals surface area contributed by atoms with Gasteiger partial charge in [-0.15, -0.1) is 0 Å². The Morgan fingerprint density at radius 1 is 0.650 bits per heavy atom. The number of hydrogen-bond donors (Lipinski definition) is 0. The number of rotatable bonds is 4. The minimum Gasteiger partial charge on any atom is -0.490 e. The van der Waals surface area contributed by atoms with E-state index in [9.17, 15) is 0 Å². The van der Waals surface area contributed by atoms with E-state index in [0.29, 0.717) is 0 Å². The second-order valence-corrected chi connectivity index (χ2v) is 5.00. The van der Waals surface area contributed by atoms with Crippen LogP contribution in [-0.4, -0.2) is 22.2 Å². The molecule has 2 aromatic heterocycles. The molecule has 1 aliphatic rings. The second kappa shape index (κ2) is 6.37. The summed E-state index contributed by atoms with van der Waals surface area (Å²) in [6, 6.07) is 7.61. The maximum absolute atomic E-state index is 5.95. The van der Waals surface area contributed by atoms with E-state index in [-0.39, 0.29) is 12.2 Å². The van der Waals surface area contributed by atoms with Crippen molar-refractivity contribution >= 4 is 0 Å². The Bertz CT molecular complexity index is 461. The van der Waals surface area contributed by atoms with Crippen molar-refractivity contribution in [1.82, 2.24) is 9.97 Å². The van der Waals surface area contributed by atoms with Crippen LogP contribution in [0.4, 0.5) is 0 Å². The molecule has 0 N–H and O–H groups in total. The summed E-state index contributed by atoms with van der Waals surface area (Å²) in [6.07, 6.45) is 11.7. The van der Waals surface area contributed by atoms with Gasteiger partial charge in [-0.25, -0.2) is 0 Å². The molecule has 0 spiro atoms. The normalized spacial score (nSPS) is 22.2. The van der Waals surface area contributed by atoms with E-state index in [4.69, 9.17) is 9.47 Å². The fraction of sp³-hybridized carbons (Fsp3) is 0.375. The molecular formula is C16H18N2O2. The van der Waals surface area contributed by atoms with Gasteiger partial charge in [0.25, 0.3) is 0 Å². The van der Waals surface area contributed by atoms with Gasteiger partial charge in [-0.05, 0) is 49.9 Å². The quantitative estimate of drug-likeness (QED) is 0.855. The third-order valence-corrected chi connectivity index (χ3v) is 3.53. The molecular weight excluding hydrogens is 252 g/mol. The van der Waals surface area contributed by atoms with E-state index in [2.05, 4.69) is 9.97 Å². The monoisotopic (exact) mass is 270 g/mol. The van der Waals surface area contributed by atoms with Gasteiger partial charge in [0.2, 0.25) is 0 Å². The zero-order valence-electron chi connectivity index (χ0n) is 11.3. The Balaban J connectivity index is 1.47. The lowest BCUT2D eigenvalue weighted by Gasteiger charge is -2.29. The maximum atomic E-state index is 5.95. The summed E-state index contributed by atoms with van der Waals surface area (Å²) in [5.74, 6) is 1.80. The Hall–Kier alpha value is -2.10. The first kappa shape index (κ1) is 12.9. The molecule has 2 aromatic rings. The highest BCUT2D eigenvalue weighted by atomic mass is 16.5. The molecule has 104 valence electrons. The predicted octanol–water partition coefficient (Wildman–Crippen LogP) is 3.25. The van der Waals surface area contributed by atoms with Crippen molar-refractivity contribution in [1.29, 1.82) is 0 Å². The predicted molar refractivity (Wildman–Crippen MR) is 75.8 cm³/mol. The highest BCUT2D eigenvalue weighted by molar-refractivity contribution is 5.18. The lowest BCUT2D eigenvalue weighted by atomic mass is 9.95. The molecule has 0 atom stereocenters. The molecule has 4 heteroatoms. The lowest BCUT2D eigenvalue weighted by molar-refractivity contribution is 0.0805. The van der Waals surface area contributed by atoms with Gasteiger partial charge in [-0.1, -0.05) is 0 Å². The Morgan fingerprint density at radius 3 is 1.35 bits per heavy atom. The van der Waals surface area contributed by atoms with Crippen LogP contribution in [0.5, 0.6) is 11.5 Å². The van der Waals surface area contributed by atoms with Crippen LogP contribution < -0.4 is 9.47 Å². The Labute approximate surface area is 118 Å². The third-order valence-electron chi connectivity index (χ3n) is 3.53. The van der Waals surface area contributed by atoms with Crippen LogP contribution in [0, 0.1) is 0 Å². The van der Waals surface area contributed by atoms with Crippen LogP contribution in [0.3, 0.4) is 0 Å². The summed E-state index contributed by atoms with van der Waals surface area (Å²) in [4.78, 5) is 7.98. The summed E-state index contributed by atoms with van der Waals surface area (Å²) in [7, 11) is 0. The van der Waals surface area contributed by atoms with Gasteiger partial charge in [0, 0.05) is 24.8 Å². The highest BCUT2D eigenvalue weighted by Gasteiger charge is 2.23. The van der Waals surface area contributed by atoms with Crippen LogP contribution in [0.2, 0.25) is 0 Å². The van der Waals surface area contributed by atoms with Crippen molar-refractivity contribution in [3.63, 3.8) is 0 Å². The van der Waals surface area contributed by atoms with E-state index in [1.807, 2.05) is 24.3 Å². The first-order valence-corrected chi connectivity index (χ1v) is 7.03. The zero-order chi connectivity index (χ0) is 13.6. The largest absolute Gasteiger partial charge is 0.490 e. The summed E-state index contributed by atoms with van der Waals surface area (Å²) in [6.45, 7) is 0. The number of aromatic nitrogens is 2. The van der Waals surface area contributed by atoms with E-state index >= 15 is 0 Å². The minimum absolute atomic E-state index is 0.287. The van der Waals surface area contributed by atoms with E-state index in [0.717, 1.165) is 37.2 Å². The average Bonchev–Trinajstić information content (AvgIpc) is 2.51. The van der Waals surface area contributed by atoms with Crippen molar-refractivity contribution in [2.45, 2.75) is 37.9 Å². The molecule has 0 unspecified atom stereocenters. The lowest BCUT2D eigenvalue weighted by Crippen LogP contribution is -2.30. The van der Waals surface area contributed by atoms with Gasteiger partial charge in [-0.2, -0.15) is 0 Å². The van der Waals surface area contributed by atoms with Crippen molar-refractivity contribution < 1.29 is 9.47 Å². The molecule has 0 amide bonds. The van der Waals surface area contributed by atoms with Crippen molar-refractivity contribution in [3.8, 4) is 11.5 Å². The van der Waals surface area contributed by atoms with Gasteiger partial charge in [-0.3, -0.25) is 9.97 Å². The standard InChI is InChI=1S/C16H18N2O2/c1-2-14(20-16-7-11-18-12-8-16)4-3-13(1)19-15-5-9-17-10-6-15/h5-14H,1-4H2. The smallest absolute Gasteiger partial charge is 0.122 e. The molecule has 1 aliphatic carbocycles.